The van der Waals surface area contributed by atoms with Gasteiger partial charge in [-0.25, -0.2) is 4.79 Å². The Morgan fingerprint density at radius 2 is 1.97 bits per heavy atom. The van der Waals surface area contributed by atoms with E-state index >= 15 is 0 Å². The number of nitriles is 1. The van der Waals surface area contributed by atoms with Gasteiger partial charge in [0.2, 0.25) is 11.6 Å². The van der Waals surface area contributed by atoms with Crippen LogP contribution in [0.4, 0.5) is 10.5 Å². The van der Waals surface area contributed by atoms with Gasteiger partial charge < -0.3 is 14.8 Å². The van der Waals surface area contributed by atoms with Crippen LogP contribution < -0.4 is 15.4 Å². The van der Waals surface area contributed by atoms with Crippen LogP contribution in [-0.4, -0.2) is 30.2 Å². The number of amides is 3. The van der Waals surface area contributed by atoms with E-state index in [-0.39, 0.29) is 34.9 Å². The Labute approximate surface area is 192 Å². The van der Waals surface area contributed by atoms with E-state index in [0.717, 1.165) is 5.56 Å². The van der Waals surface area contributed by atoms with Crippen molar-refractivity contribution in [1.29, 1.82) is 5.26 Å². The predicted molar refractivity (Wildman–Crippen MR) is 117 cm³/mol. The van der Waals surface area contributed by atoms with E-state index in [0.29, 0.717) is 23.4 Å². The van der Waals surface area contributed by atoms with Gasteiger partial charge in [0.05, 0.1) is 29.6 Å². The highest BCUT2D eigenvalue weighted by Crippen LogP contribution is 2.39. The molecule has 1 aliphatic rings. The van der Waals surface area contributed by atoms with Crippen LogP contribution >= 0.6 is 23.2 Å². The fourth-order valence-corrected chi connectivity index (χ4v) is 3.43. The predicted octanol–water partition coefficient (Wildman–Crippen LogP) is 4.02. The molecule has 9 nitrogen and oxygen atoms in total. The summed E-state index contributed by atoms with van der Waals surface area (Å²) >= 11 is 12.6. The van der Waals surface area contributed by atoms with Crippen molar-refractivity contribution in [3.8, 4) is 17.6 Å². The van der Waals surface area contributed by atoms with Crippen LogP contribution in [0, 0.1) is 11.3 Å². The molecule has 0 bridgehead atoms. The lowest BCUT2D eigenvalue weighted by Crippen LogP contribution is -2.36. The quantitative estimate of drug-likeness (QED) is 0.607. The Morgan fingerprint density at radius 3 is 2.62 bits per heavy atom. The SMILES string of the molecule is CCOC(=O)NC(=O)C(C#N)=NCc1cc(Cl)c(Oc2ccc3c(c2)NC(=O)C3)c(Cl)c1. The number of benzene rings is 2. The summed E-state index contributed by atoms with van der Waals surface area (Å²) in [7, 11) is 0. The summed E-state index contributed by atoms with van der Waals surface area (Å²) in [6, 6.07) is 9.83. The number of nitrogens with one attached hydrogen (secondary N) is 2. The number of halogens is 2. The summed E-state index contributed by atoms with van der Waals surface area (Å²) in [5.74, 6) is -0.439. The number of anilines is 1. The van der Waals surface area contributed by atoms with Gasteiger partial charge in [-0.3, -0.25) is 19.9 Å². The first-order valence-electron chi connectivity index (χ1n) is 9.32. The van der Waals surface area contributed by atoms with E-state index < -0.39 is 17.7 Å². The van der Waals surface area contributed by atoms with Crippen LogP contribution in [0.25, 0.3) is 0 Å². The van der Waals surface area contributed by atoms with Crippen molar-refractivity contribution >= 4 is 52.5 Å². The number of nitrogens with zero attached hydrogens (tertiary/aromatic N) is 2. The minimum absolute atomic E-state index is 0.0731. The number of hydrogen-bond acceptors (Lipinski definition) is 7. The van der Waals surface area contributed by atoms with Gasteiger partial charge in [-0.2, -0.15) is 5.26 Å². The maximum atomic E-state index is 11.9. The maximum absolute atomic E-state index is 11.9. The van der Waals surface area contributed by atoms with Crippen LogP contribution in [0.3, 0.4) is 0 Å². The molecule has 3 amide bonds. The summed E-state index contributed by atoms with van der Waals surface area (Å²) in [4.78, 5) is 38.6. The van der Waals surface area contributed by atoms with Crippen LogP contribution in [0.1, 0.15) is 18.1 Å². The molecule has 0 aliphatic carbocycles. The molecule has 0 radical (unpaired) electrons. The second-order valence-corrected chi connectivity index (χ2v) is 7.30. The van der Waals surface area contributed by atoms with E-state index in [1.165, 1.54) is 12.1 Å². The average Bonchev–Trinajstić information content (AvgIpc) is 3.10. The van der Waals surface area contributed by atoms with Gasteiger partial charge in [-0.05, 0) is 36.2 Å². The van der Waals surface area contributed by atoms with E-state index in [1.54, 1.807) is 31.2 Å². The lowest BCUT2D eigenvalue weighted by Gasteiger charge is -2.12. The summed E-state index contributed by atoms with van der Waals surface area (Å²) in [6.45, 7) is 1.56. The molecule has 0 aromatic heterocycles. The third-order valence-electron chi connectivity index (χ3n) is 4.22. The first kappa shape index (κ1) is 23.1. The number of imide groups is 1. The molecule has 32 heavy (non-hydrogen) atoms. The molecule has 0 saturated carbocycles. The van der Waals surface area contributed by atoms with Crippen molar-refractivity contribution in [3.63, 3.8) is 0 Å². The molecule has 11 heteroatoms. The highest BCUT2D eigenvalue weighted by atomic mass is 35.5. The molecule has 0 saturated heterocycles. The van der Waals surface area contributed by atoms with E-state index in [4.69, 9.17) is 33.2 Å². The lowest BCUT2D eigenvalue weighted by atomic mass is 10.1. The molecule has 0 atom stereocenters. The van der Waals surface area contributed by atoms with Gasteiger partial charge in [0.1, 0.15) is 11.8 Å². The van der Waals surface area contributed by atoms with Gasteiger partial charge in [0.25, 0.3) is 5.91 Å². The first-order chi connectivity index (χ1) is 15.3. The number of aliphatic imine (C=N–C) groups is 1. The Balaban J connectivity index is 1.73. The fraction of sp³-hybridized carbons (Fsp3) is 0.190. The molecule has 3 rings (SSSR count). The second-order valence-electron chi connectivity index (χ2n) is 6.49. The molecule has 1 aliphatic heterocycles. The minimum Gasteiger partial charge on any atom is -0.454 e. The molecule has 0 fully saturated rings. The first-order valence-corrected chi connectivity index (χ1v) is 10.1. The molecule has 1 heterocycles. The van der Waals surface area contributed by atoms with Crippen molar-refractivity contribution in [2.24, 2.45) is 4.99 Å². The van der Waals surface area contributed by atoms with Gasteiger partial charge in [0.15, 0.2) is 5.75 Å². The van der Waals surface area contributed by atoms with Gasteiger partial charge in [-0.15, -0.1) is 0 Å². The van der Waals surface area contributed by atoms with Crippen molar-refractivity contribution < 1.29 is 23.9 Å². The number of rotatable bonds is 6. The van der Waals surface area contributed by atoms with E-state index in [2.05, 4.69) is 15.0 Å². The second kappa shape index (κ2) is 10.1. The minimum atomic E-state index is -0.980. The normalized spacial score (nSPS) is 12.4. The molecule has 164 valence electrons. The van der Waals surface area contributed by atoms with Crippen molar-refractivity contribution in [2.75, 3.05) is 11.9 Å². The summed E-state index contributed by atoms with van der Waals surface area (Å²) in [6.07, 6.45) is -0.659. The maximum Gasteiger partial charge on any atom is 0.414 e. The Kier molecular flexibility index (Phi) is 7.30. The number of carbonyl (C=O) groups is 3. The van der Waals surface area contributed by atoms with Crippen LogP contribution in [0.5, 0.6) is 11.5 Å². The topological polar surface area (TPSA) is 130 Å². The van der Waals surface area contributed by atoms with Crippen LogP contribution in [0.15, 0.2) is 35.3 Å². The Bertz CT molecular complexity index is 1150. The lowest BCUT2D eigenvalue weighted by molar-refractivity contribution is -0.115. The smallest absolute Gasteiger partial charge is 0.414 e. The number of carbonyl (C=O) groups excluding carboxylic acids is 3. The zero-order chi connectivity index (χ0) is 23.3. The highest BCUT2D eigenvalue weighted by Gasteiger charge is 2.19. The number of fused-ring (bicyclic) bond motifs is 1. The number of hydrogen-bond donors (Lipinski definition) is 2. The largest absolute Gasteiger partial charge is 0.454 e. The standard InChI is InChI=1S/C21H16Cl2N4O5/c1-2-31-21(30)27-20(29)17(9-24)25-10-11-5-14(22)19(15(23)6-11)32-13-4-3-12-7-18(28)26-16(12)8-13/h3-6,8H,2,7,10H2,1H3,(H,26,28)(H,27,29,30). The number of ether oxygens (including phenoxy) is 2. The molecule has 0 spiro atoms. The average molecular weight is 475 g/mol. The molecule has 2 aromatic rings. The number of alkyl carbamates (subject to hydrolysis) is 1. The Hall–Kier alpha value is -3.61. The van der Waals surface area contributed by atoms with Gasteiger partial charge in [-0.1, -0.05) is 29.3 Å². The summed E-state index contributed by atoms with van der Waals surface area (Å²) < 4.78 is 10.4. The molecular formula is C21H16Cl2N4O5. The fourth-order valence-electron chi connectivity index (χ4n) is 2.82. The molecular weight excluding hydrogens is 459 g/mol. The van der Waals surface area contributed by atoms with Crippen molar-refractivity contribution in [1.82, 2.24) is 5.32 Å². The molecule has 0 unspecified atom stereocenters. The van der Waals surface area contributed by atoms with E-state index in [1.807, 2.05) is 5.32 Å². The molecule has 2 N–H and O–H groups in total. The Morgan fingerprint density at radius 1 is 1.25 bits per heavy atom. The third-order valence-corrected chi connectivity index (χ3v) is 4.78. The zero-order valence-corrected chi connectivity index (χ0v) is 18.2. The highest BCUT2D eigenvalue weighted by molar-refractivity contribution is 6.46. The monoisotopic (exact) mass is 474 g/mol. The van der Waals surface area contributed by atoms with Crippen molar-refractivity contribution in [3.05, 3.63) is 51.5 Å². The summed E-state index contributed by atoms with van der Waals surface area (Å²) in [5, 5.41) is 14.1. The molecule has 2 aromatic carbocycles. The third kappa shape index (κ3) is 5.55. The van der Waals surface area contributed by atoms with Crippen LogP contribution in [0.2, 0.25) is 10.0 Å². The van der Waals surface area contributed by atoms with Crippen LogP contribution in [-0.2, 0) is 27.3 Å². The van der Waals surface area contributed by atoms with Gasteiger partial charge >= 0.3 is 6.09 Å². The van der Waals surface area contributed by atoms with E-state index in [9.17, 15) is 14.4 Å². The van der Waals surface area contributed by atoms with Crippen molar-refractivity contribution in [2.45, 2.75) is 19.9 Å². The summed E-state index contributed by atoms with van der Waals surface area (Å²) in [5.41, 5.74) is 1.53. The zero-order valence-electron chi connectivity index (χ0n) is 16.7. The van der Waals surface area contributed by atoms with Gasteiger partial charge in [0, 0.05) is 11.8 Å².